The number of methoxy groups -OCH3 is 1. The summed E-state index contributed by atoms with van der Waals surface area (Å²) in [6, 6.07) is 0.282. The van der Waals surface area contributed by atoms with Crippen molar-refractivity contribution in [1.82, 2.24) is 9.80 Å². The summed E-state index contributed by atoms with van der Waals surface area (Å²) < 4.78 is 5.05. The van der Waals surface area contributed by atoms with Crippen LogP contribution in [0.2, 0.25) is 0 Å². The van der Waals surface area contributed by atoms with Gasteiger partial charge in [0.2, 0.25) is 0 Å². The van der Waals surface area contributed by atoms with Gasteiger partial charge in [-0.15, -0.1) is 0 Å². The Kier molecular flexibility index (Phi) is 4.66. The Hall–Kier alpha value is -0.160. The largest absolute Gasteiger partial charge is 0.383 e. The highest BCUT2D eigenvalue weighted by Crippen LogP contribution is 1.99. The van der Waals surface area contributed by atoms with Crippen LogP contribution in [0.25, 0.3) is 0 Å². The van der Waals surface area contributed by atoms with Gasteiger partial charge in [-0.3, -0.25) is 4.90 Å². The van der Waals surface area contributed by atoms with E-state index in [4.69, 9.17) is 10.5 Å². The van der Waals surface area contributed by atoms with E-state index in [0.717, 1.165) is 39.3 Å². The fourth-order valence-corrected chi connectivity index (χ4v) is 1.71. The molecule has 1 fully saturated rings. The minimum Gasteiger partial charge on any atom is -0.383 e. The lowest BCUT2D eigenvalue weighted by atomic mass is 10.3. The molecule has 0 aliphatic carbocycles. The first kappa shape index (κ1) is 10.9. The summed E-state index contributed by atoms with van der Waals surface area (Å²) in [4.78, 5) is 4.66. The zero-order valence-corrected chi connectivity index (χ0v) is 8.70. The first-order valence-corrected chi connectivity index (χ1v) is 4.88. The van der Waals surface area contributed by atoms with Gasteiger partial charge in [-0.1, -0.05) is 0 Å². The summed E-state index contributed by atoms with van der Waals surface area (Å²) >= 11 is 0. The fraction of sp³-hybridized carbons (Fsp3) is 1.00. The van der Waals surface area contributed by atoms with Crippen molar-refractivity contribution in [2.45, 2.75) is 6.04 Å². The highest BCUT2D eigenvalue weighted by molar-refractivity contribution is 4.76. The molecule has 78 valence electrons. The Balaban J connectivity index is 2.30. The van der Waals surface area contributed by atoms with Crippen LogP contribution >= 0.6 is 0 Å². The van der Waals surface area contributed by atoms with E-state index in [1.165, 1.54) is 0 Å². The normalized spacial score (nSPS) is 27.5. The van der Waals surface area contributed by atoms with Gasteiger partial charge in [0.25, 0.3) is 0 Å². The standard InChI is InChI=1S/C9H21N3O/c1-11-3-4-12(5-6-13-2)8-9(10)7-11/h9H,3-8,10H2,1-2H3. The van der Waals surface area contributed by atoms with E-state index in [9.17, 15) is 0 Å². The molecule has 0 saturated carbocycles. The molecule has 1 rings (SSSR count). The van der Waals surface area contributed by atoms with Gasteiger partial charge < -0.3 is 15.4 Å². The second kappa shape index (κ2) is 5.54. The molecule has 1 atom stereocenters. The van der Waals surface area contributed by atoms with E-state index in [2.05, 4.69) is 16.8 Å². The molecule has 1 aliphatic rings. The average Bonchev–Trinajstić information content (AvgIpc) is 2.23. The van der Waals surface area contributed by atoms with Crippen LogP contribution in [0, 0.1) is 0 Å². The molecule has 0 radical (unpaired) electrons. The van der Waals surface area contributed by atoms with Crippen LogP contribution in [0.1, 0.15) is 0 Å². The Morgan fingerprint density at radius 3 is 2.85 bits per heavy atom. The molecule has 2 N–H and O–H groups in total. The second-order valence-corrected chi connectivity index (χ2v) is 3.82. The monoisotopic (exact) mass is 187 g/mol. The molecular formula is C9H21N3O. The summed E-state index contributed by atoms with van der Waals surface area (Å²) in [7, 11) is 3.86. The van der Waals surface area contributed by atoms with Crippen molar-refractivity contribution in [1.29, 1.82) is 0 Å². The van der Waals surface area contributed by atoms with Crippen molar-refractivity contribution in [3.8, 4) is 0 Å². The molecule has 1 heterocycles. The second-order valence-electron chi connectivity index (χ2n) is 3.82. The summed E-state index contributed by atoms with van der Waals surface area (Å²) in [5.74, 6) is 0. The lowest BCUT2D eigenvalue weighted by molar-refractivity contribution is 0.148. The maximum atomic E-state index is 5.96. The van der Waals surface area contributed by atoms with Gasteiger partial charge in [0.1, 0.15) is 0 Å². The van der Waals surface area contributed by atoms with Gasteiger partial charge >= 0.3 is 0 Å². The number of hydrogen-bond acceptors (Lipinski definition) is 4. The molecule has 0 aromatic rings. The van der Waals surface area contributed by atoms with E-state index in [1.54, 1.807) is 7.11 Å². The Morgan fingerprint density at radius 2 is 2.15 bits per heavy atom. The maximum Gasteiger partial charge on any atom is 0.0589 e. The van der Waals surface area contributed by atoms with Crippen LogP contribution in [0.5, 0.6) is 0 Å². The third kappa shape index (κ3) is 4.04. The number of nitrogens with zero attached hydrogens (tertiary/aromatic N) is 2. The fourth-order valence-electron chi connectivity index (χ4n) is 1.71. The highest BCUT2D eigenvalue weighted by atomic mass is 16.5. The zero-order valence-electron chi connectivity index (χ0n) is 8.70. The molecule has 1 aliphatic heterocycles. The lowest BCUT2D eigenvalue weighted by Gasteiger charge is -2.20. The first-order valence-electron chi connectivity index (χ1n) is 4.88. The van der Waals surface area contributed by atoms with Crippen LogP contribution in [-0.2, 0) is 4.74 Å². The molecule has 4 nitrogen and oxygen atoms in total. The molecule has 0 aromatic carbocycles. The van der Waals surface area contributed by atoms with Crippen molar-refractivity contribution in [3.63, 3.8) is 0 Å². The van der Waals surface area contributed by atoms with Crippen LogP contribution in [0.3, 0.4) is 0 Å². The Bertz CT molecular complexity index is 143. The van der Waals surface area contributed by atoms with Gasteiger partial charge in [-0.2, -0.15) is 0 Å². The van der Waals surface area contributed by atoms with Crippen molar-refractivity contribution in [2.24, 2.45) is 5.73 Å². The maximum absolute atomic E-state index is 5.96. The summed E-state index contributed by atoms with van der Waals surface area (Å²) in [5.41, 5.74) is 5.96. The van der Waals surface area contributed by atoms with Gasteiger partial charge in [-0.05, 0) is 7.05 Å². The van der Waals surface area contributed by atoms with Crippen molar-refractivity contribution in [2.75, 3.05) is 53.5 Å². The van der Waals surface area contributed by atoms with E-state index in [1.807, 2.05) is 0 Å². The molecule has 0 bridgehead atoms. The summed E-state index contributed by atoms with van der Waals surface area (Å²) in [6.07, 6.45) is 0. The van der Waals surface area contributed by atoms with Crippen molar-refractivity contribution >= 4 is 0 Å². The Morgan fingerprint density at radius 1 is 1.38 bits per heavy atom. The molecule has 1 unspecified atom stereocenters. The van der Waals surface area contributed by atoms with Crippen molar-refractivity contribution < 1.29 is 4.74 Å². The van der Waals surface area contributed by atoms with Crippen LogP contribution in [0.4, 0.5) is 0 Å². The smallest absolute Gasteiger partial charge is 0.0589 e. The minimum atomic E-state index is 0.282. The van der Waals surface area contributed by atoms with Gasteiger partial charge in [-0.25, -0.2) is 0 Å². The topological polar surface area (TPSA) is 41.7 Å². The number of hydrogen-bond donors (Lipinski definition) is 1. The highest BCUT2D eigenvalue weighted by Gasteiger charge is 2.16. The van der Waals surface area contributed by atoms with E-state index in [0.29, 0.717) is 0 Å². The van der Waals surface area contributed by atoms with E-state index < -0.39 is 0 Å². The number of rotatable bonds is 3. The average molecular weight is 187 g/mol. The molecule has 1 saturated heterocycles. The third-order valence-corrected chi connectivity index (χ3v) is 2.45. The van der Waals surface area contributed by atoms with Crippen LogP contribution in [0.15, 0.2) is 0 Å². The minimum absolute atomic E-state index is 0.282. The van der Waals surface area contributed by atoms with Crippen LogP contribution < -0.4 is 5.73 Å². The molecule has 13 heavy (non-hydrogen) atoms. The summed E-state index contributed by atoms with van der Waals surface area (Å²) in [6.45, 7) is 6.01. The van der Waals surface area contributed by atoms with E-state index in [-0.39, 0.29) is 6.04 Å². The molecule has 4 heteroatoms. The Labute approximate surface area is 80.6 Å². The SMILES string of the molecule is COCCN1CCN(C)CC(N)C1. The zero-order chi connectivity index (χ0) is 9.68. The number of nitrogens with two attached hydrogens (primary N) is 1. The van der Waals surface area contributed by atoms with E-state index >= 15 is 0 Å². The van der Waals surface area contributed by atoms with Gasteiger partial charge in [0.15, 0.2) is 0 Å². The molecule has 0 spiro atoms. The molecule has 0 aromatic heterocycles. The van der Waals surface area contributed by atoms with Crippen LogP contribution in [-0.4, -0.2) is 69.3 Å². The lowest BCUT2D eigenvalue weighted by Crippen LogP contribution is -2.40. The number of ether oxygens (including phenoxy) is 1. The number of likely N-dealkylation sites (N-methyl/N-ethyl adjacent to an activating group) is 1. The quantitative estimate of drug-likeness (QED) is 0.628. The summed E-state index contributed by atoms with van der Waals surface area (Å²) in [5, 5.41) is 0. The van der Waals surface area contributed by atoms with Gasteiger partial charge in [0.05, 0.1) is 6.61 Å². The van der Waals surface area contributed by atoms with Gasteiger partial charge in [0, 0.05) is 45.9 Å². The first-order chi connectivity index (χ1) is 6.22. The third-order valence-electron chi connectivity index (χ3n) is 2.45. The molecular weight excluding hydrogens is 166 g/mol. The predicted octanol–water partition coefficient (Wildman–Crippen LogP) is -0.792. The molecule has 0 amide bonds. The predicted molar refractivity (Wildman–Crippen MR) is 53.8 cm³/mol. The van der Waals surface area contributed by atoms with Crippen molar-refractivity contribution in [3.05, 3.63) is 0 Å².